The van der Waals surface area contributed by atoms with Crippen LogP contribution < -0.4 is 10.0 Å². The second-order valence-corrected chi connectivity index (χ2v) is 8.37. The maximum absolute atomic E-state index is 14.2. The Bertz CT molecular complexity index is 1210. The first kappa shape index (κ1) is 22.8. The minimum atomic E-state index is -4.69. The lowest BCUT2D eigenvalue weighted by atomic mass is 10.1. The fraction of sp³-hybridized carbons (Fsp3) is 0.105. The Kier molecular flexibility index (Phi) is 6.39. The van der Waals surface area contributed by atoms with Crippen molar-refractivity contribution in [3.05, 3.63) is 82.5 Å². The lowest BCUT2D eigenvalue weighted by Gasteiger charge is -2.13. The first-order valence-electron chi connectivity index (χ1n) is 8.47. The average Bonchev–Trinajstić information content (AvgIpc) is 3.21. The molecule has 3 rings (SSSR count). The van der Waals surface area contributed by atoms with Crippen molar-refractivity contribution in [2.75, 3.05) is 5.32 Å². The van der Waals surface area contributed by atoms with E-state index in [1.807, 2.05) is 0 Å². The van der Waals surface area contributed by atoms with E-state index in [9.17, 15) is 30.8 Å². The van der Waals surface area contributed by atoms with E-state index in [1.165, 1.54) is 12.3 Å². The fourth-order valence-electron chi connectivity index (χ4n) is 2.50. The number of carbonyl (C=O) groups excluding carboxylic acids is 1. The number of benzene rings is 2. The average molecular weight is 477 g/mol. The summed E-state index contributed by atoms with van der Waals surface area (Å²) in [5.41, 5.74) is -2.19. The molecule has 2 aromatic carbocycles. The van der Waals surface area contributed by atoms with Crippen molar-refractivity contribution in [2.45, 2.75) is 17.6 Å². The third-order valence-corrected chi connectivity index (χ3v) is 5.78. The number of alkyl halides is 3. The normalized spacial score (nSPS) is 12.0. The van der Waals surface area contributed by atoms with Gasteiger partial charge in [0.2, 0.25) is 10.0 Å². The van der Waals surface area contributed by atoms with Crippen LogP contribution in [-0.2, 0) is 22.7 Å². The Balaban J connectivity index is 1.85. The van der Waals surface area contributed by atoms with Gasteiger partial charge in [0.05, 0.1) is 39.5 Å². The van der Waals surface area contributed by atoms with Gasteiger partial charge in [-0.1, -0.05) is 11.6 Å². The fourth-order valence-corrected chi connectivity index (χ4v) is 3.68. The van der Waals surface area contributed by atoms with Crippen molar-refractivity contribution in [1.82, 2.24) is 4.72 Å². The molecular weight excluding hydrogens is 464 g/mol. The first-order valence-corrected chi connectivity index (χ1v) is 10.3. The summed E-state index contributed by atoms with van der Waals surface area (Å²) in [4.78, 5) is 12.0. The van der Waals surface area contributed by atoms with Crippen molar-refractivity contribution in [3.63, 3.8) is 0 Å². The van der Waals surface area contributed by atoms with Gasteiger partial charge in [-0.05, 0) is 48.5 Å². The predicted molar refractivity (Wildman–Crippen MR) is 104 cm³/mol. The van der Waals surface area contributed by atoms with Crippen LogP contribution in [0.5, 0.6) is 0 Å². The maximum Gasteiger partial charge on any atom is 0.416 e. The molecule has 1 heterocycles. The van der Waals surface area contributed by atoms with Gasteiger partial charge in [0.15, 0.2) is 0 Å². The molecule has 0 aliphatic heterocycles. The number of rotatable bonds is 6. The topological polar surface area (TPSA) is 88.4 Å². The Hall–Kier alpha value is -2.89. The molecule has 31 heavy (non-hydrogen) atoms. The maximum atomic E-state index is 14.2. The molecule has 0 aliphatic carbocycles. The second kappa shape index (κ2) is 8.69. The molecule has 12 heteroatoms. The summed E-state index contributed by atoms with van der Waals surface area (Å²) in [6.45, 7) is -0.186. The van der Waals surface area contributed by atoms with Gasteiger partial charge in [0, 0.05) is 0 Å². The molecule has 0 saturated heterocycles. The van der Waals surface area contributed by atoms with E-state index in [0.717, 1.165) is 30.3 Å². The molecule has 3 aromatic rings. The number of halogens is 5. The van der Waals surface area contributed by atoms with Crippen LogP contribution in [0.4, 0.5) is 23.2 Å². The lowest BCUT2D eigenvalue weighted by molar-refractivity contribution is -0.137. The molecule has 2 N–H and O–H groups in total. The van der Waals surface area contributed by atoms with E-state index >= 15 is 0 Å². The van der Waals surface area contributed by atoms with E-state index in [4.69, 9.17) is 16.0 Å². The number of anilines is 1. The zero-order valence-electron chi connectivity index (χ0n) is 15.3. The highest BCUT2D eigenvalue weighted by Crippen LogP contribution is 2.34. The van der Waals surface area contributed by atoms with E-state index in [1.54, 1.807) is 6.07 Å². The van der Waals surface area contributed by atoms with Crippen molar-refractivity contribution in [2.24, 2.45) is 0 Å². The van der Waals surface area contributed by atoms with Crippen LogP contribution in [0.15, 0.2) is 64.1 Å². The van der Waals surface area contributed by atoms with Gasteiger partial charge in [0.1, 0.15) is 11.6 Å². The van der Waals surface area contributed by atoms with E-state index in [0.29, 0.717) is 11.8 Å². The molecule has 0 aliphatic rings. The molecule has 0 spiro atoms. The summed E-state index contributed by atoms with van der Waals surface area (Å²) in [6.07, 6.45) is -3.34. The standard InChI is InChI=1S/C19H13ClF4N2O4S/c20-15-5-3-11(19(22,23)24)8-17(15)26-18(27)14-9-13(4-6-16(14)21)31(28,29)25-10-12-2-1-7-30-12/h1-9,25H,10H2,(H,26,27). The summed E-state index contributed by atoms with van der Waals surface area (Å²) in [5, 5.41) is 1.85. The summed E-state index contributed by atoms with van der Waals surface area (Å²) in [6, 6.07) is 7.78. The molecule has 6 nitrogen and oxygen atoms in total. The molecule has 1 amide bonds. The lowest BCUT2D eigenvalue weighted by Crippen LogP contribution is -2.24. The summed E-state index contributed by atoms with van der Waals surface area (Å²) < 4.78 is 84.9. The second-order valence-electron chi connectivity index (χ2n) is 6.19. The zero-order chi connectivity index (χ0) is 22.8. The number of amides is 1. The number of nitrogens with one attached hydrogen (secondary N) is 2. The quantitative estimate of drug-likeness (QED) is 0.499. The number of hydrogen-bond acceptors (Lipinski definition) is 4. The van der Waals surface area contributed by atoms with Crippen LogP contribution in [0.25, 0.3) is 0 Å². The third-order valence-electron chi connectivity index (χ3n) is 4.05. The van der Waals surface area contributed by atoms with Gasteiger partial charge in [-0.15, -0.1) is 0 Å². The third kappa shape index (κ3) is 5.43. The van der Waals surface area contributed by atoms with Gasteiger partial charge in [-0.3, -0.25) is 4.79 Å². The van der Waals surface area contributed by atoms with Crippen LogP contribution >= 0.6 is 11.6 Å². The Morgan fingerprint density at radius 1 is 1.10 bits per heavy atom. The minimum Gasteiger partial charge on any atom is -0.468 e. The van der Waals surface area contributed by atoms with Gasteiger partial charge in [0.25, 0.3) is 5.91 Å². The highest BCUT2D eigenvalue weighted by molar-refractivity contribution is 7.89. The predicted octanol–water partition coefficient (Wildman–Crippen LogP) is 4.82. The number of hydrogen-bond donors (Lipinski definition) is 2. The SMILES string of the molecule is O=C(Nc1cc(C(F)(F)F)ccc1Cl)c1cc(S(=O)(=O)NCc2ccco2)ccc1F. The summed E-state index contributed by atoms with van der Waals surface area (Å²) >= 11 is 5.82. The van der Waals surface area contributed by atoms with Crippen molar-refractivity contribution >= 4 is 33.2 Å². The van der Waals surface area contributed by atoms with Crippen LogP contribution in [0.1, 0.15) is 21.7 Å². The monoisotopic (exact) mass is 476 g/mol. The molecule has 0 radical (unpaired) electrons. The highest BCUT2D eigenvalue weighted by atomic mass is 35.5. The molecule has 0 bridgehead atoms. The van der Waals surface area contributed by atoms with Crippen LogP contribution in [0, 0.1) is 5.82 Å². The van der Waals surface area contributed by atoms with Crippen LogP contribution in [0.3, 0.4) is 0 Å². The highest BCUT2D eigenvalue weighted by Gasteiger charge is 2.31. The number of furan rings is 1. The van der Waals surface area contributed by atoms with Crippen molar-refractivity contribution in [1.29, 1.82) is 0 Å². The molecule has 0 atom stereocenters. The van der Waals surface area contributed by atoms with Gasteiger partial charge < -0.3 is 9.73 Å². The van der Waals surface area contributed by atoms with E-state index < -0.39 is 49.6 Å². The van der Waals surface area contributed by atoms with Crippen LogP contribution in [-0.4, -0.2) is 14.3 Å². The zero-order valence-corrected chi connectivity index (χ0v) is 16.9. The summed E-state index contributed by atoms with van der Waals surface area (Å²) in [7, 11) is -4.15. The Morgan fingerprint density at radius 3 is 2.48 bits per heavy atom. The summed E-state index contributed by atoms with van der Waals surface area (Å²) in [5.74, 6) is -1.93. The molecule has 0 unspecified atom stereocenters. The number of sulfonamides is 1. The largest absolute Gasteiger partial charge is 0.468 e. The molecular formula is C19H13ClF4N2O4S. The Labute approximate surface area is 178 Å². The molecule has 0 fully saturated rings. The van der Waals surface area contributed by atoms with E-state index in [-0.39, 0.29) is 11.6 Å². The van der Waals surface area contributed by atoms with Crippen molar-refractivity contribution < 1.29 is 35.2 Å². The minimum absolute atomic E-state index is 0.186. The molecule has 0 saturated carbocycles. The van der Waals surface area contributed by atoms with Gasteiger partial charge in [-0.25, -0.2) is 17.5 Å². The number of carbonyl (C=O) groups is 1. The molecule has 164 valence electrons. The van der Waals surface area contributed by atoms with Gasteiger partial charge >= 0.3 is 6.18 Å². The van der Waals surface area contributed by atoms with Gasteiger partial charge in [-0.2, -0.15) is 13.2 Å². The van der Waals surface area contributed by atoms with Crippen LogP contribution in [0.2, 0.25) is 5.02 Å². The molecule has 1 aromatic heterocycles. The van der Waals surface area contributed by atoms with E-state index in [2.05, 4.69) is 10.0 Å². The Morgan fingerprint density at radius 2 is 1.84 bits per heavy atom. The smallest absolute Gasteiger partial charge is 0.416 e. The van der Waals surface area contributed by atoms with Crippen molar-refractivity contribution in [3.8, 4) is 0 Å². The first-order chi connectivity index (χ1) is 14.5.